The summed E-state index contributed by atoms with van der Waals surface area (Å²) >= 11 is 0. The van der Waals surface area contributed by atoms with Crippen molar-refractivity contribution in [1.82, 2.24) is 9.80 Å². The molecule has 4 fully saturated rings. The first-order valence-corrected chi connectivity index (χ1v) is 10.0. The van der Waals surface area contributed by atoms with Crippen molar-refractivity contribution in [2.75, 3.05) is 52.4 Å². The molecule has 0 amide bonds. The number of unbranched alkanes of at least 4 members (excludes halogenated alkanes) is 2. The minimum atomic E-state index is -0.0236. The van der Waals surface area contributed by atoms with Gasteiger partial charge < -0.3 is 9.47 Å². The molecule has 2 bridgehead atoms. The molecule has 146 valence electrons. The molecule has 0 saturated carbocycles. The van der Waals surface area contributed by atoms with E-state index in [0.29, 0.717) is 25.5 Å². The van der Waals surface area contributed by atoms with Gasteiger partial charge in [-0.3, -0.25) is 14.6 Å². The number of hydrogen-bond acceptors (Lipinski definition) is 6. The van der Waals surface area contributed by atoms with Crippen LogP contribution in [0.3, 0.4) is 0 Å². The number of piperidine rings is 3. The number of azide groups is 1. The van der Waals surface area contributed by atoms with Gasteiger partial charge in [-0.25, -0.2) is 0 Å². The van der Waals surface area contributed by atoms with Crippen LogP contribution in [0.4, 0.5) is 0 Å². The molecule has 0 spiro atoms. The summed E-state index contributed by atoms with van der Waals surface area (Å²) in [6.07, 6.45) is 6.03. The SMILES string of the molecule is [N-]=[N+]=NC[C@@H]1CN(CCCCCC(=O)O[C@H]2CN3CCC2CC3)CCO1. The minimum absolute atomic E-state index is 0.0104. The van der Waals surface area contributed by atoms with E-state index in [0.717, 1.165) is 45.4 Å². The molecule has 0 aromatic heterocycles. The van der Waals surface area contributed by atoms with Gasteiger partial charge in [-0.15, -0.1) is 0 Å². The molecule has 4 aliphatic heterocycles. The van der Waals surface area contributed by atoms with Crippen LogP contribution in [0, 0.1) is 5.92 Å². The number of fused-ring (bicyclic) bond motifs is 3. The summed E-state index contributed by atoms with van der Waals surface area (Å²) in [5.74, 6) is 0.563. The number of rotatable bonds is 9. The first-order valence-electron chi connectivity index (χ1n) is 10.0. The van der Waals surface area contributed by atoms with E-state index >= 15 is 0 Å². The lowest BCUT2D eigenvalue weighted by Gasteiger charge is -2.43. The number of nitrogens with zero attached hydrogens (tertiary/aromatic N) is 5. The van der Waals surface area contributed by atoms with Crippen molar-refractivity contribution in [3.8, 4) is 0 Å². The van der Waals surface area contributed by atoms with Gasteiger partial charge in [-0.2, -0.15) is 0 Å². The average molecular weight is 365 g/mol. The zero-order valence-electron chi connectivity index (χ0n) is 15.6. The lowest BCUT2D eigenvalue weighted by molar-refractivity contribution is -0.158. The standard InChI is InChI=1S/C18H31N5O3/c19-21-20-12-16-13-22(10-11-25-16)7-3-1-2-4-18(24)26-17-14-23-8-5-15(17)6-9-23/h15-17H,1-14H2/t16-,17+/m1/s1. The Bertz CT molecular complexity index is 503. The van der Waals surface area contributed by atoms with E-state index in [4.69, 9.17) is 15.0 Å². The predicted octanol–water partition coefficient (Wildman–Crippen LogP) is 2.20. The smallest absolute Gasteiger partial charge is 0.306 e. The Morgan fingerprint density at radius 3 is 2.77 bits per heavy atom. The first kappa shape index (κ1) is 19.4. The molecule has 0 radical (unpaired) electrons. The lowest BCUT2D eigenvalue weighted by Crippen LogP contribution is -2.51. The van der Waals surface area contributed by atoms with Crippen LogP contribution in [-0.2, 0) is 14.3 Å². The zero-order chi connectivity index (χ0) is 18.2. The van der Waals surface area contributed by atoms with E-state index in [1.165, 1.54) is 25.9 Å². The average Bonchev–Trinajstić information content (AvgIpc) is 2.67. The van der Waals surface area contributed by atoms with Gasteiger partial charge in [0.1, 0.15) is 6.10 Å². The Kier molecular flexibility index (Phi) is 7.55. The van der Waals surface area contributed by atoms with Crippen LogP contribution >= 0.6 is 0 Å². The second-order valence-corrected chi connectivity index (χ2v) is 7.68. The fraction of sp³-hybridized carbons (Fsp3) is 0.944. The third-order valence-corrected chi connectivity index (χ3v) is 5.81. The van der Waals surface area contributed by atoms with Gasteiger partial charge in [0.25, 0.3) is 0 Å². The van der Waals surface area contributed by atoms with Gasteiger partial charge in [0.15, 0.2) is 0 Å². The van der Waals surface area contributed by atoms with Crippen LogP contribution in [0.2, 0.25) is 0 Å². The molecule has 0 aliphatic carbocycles. The number of ether oxygens (including phenoxy) is 2. The second kappa shape index (κ2) is 10.1. The quantitative estimate of drug-likeness (QED) is 0.205. The first-order chi connectivity index (χ1) is 12.7. The Morgan fingerprint density at radius 1 is 1.19 bits per heavy atom. The van der Waals surface area contributed by atoms with Crippen molar-refractivity contribution in [2.45, 2.75) is 50.7 Å². The molecule has 8 heteroatoms. The highest BCUT2D eigenvalue weighted by Gasteiger charge is 2.36. The number of morpholine rings is 1. The molecule has 4 rings (SSSR count). The maximum absolute atomic E-state index is 12.1. The highest BCUT2D eigenvalue weighted by Crippen LogP contribution is 2.29. The Morgan fingerprint density at radius 2 is 2.04 bits per heavy atom. The van der Waals surface area contributed by atoms with E-state index in [1.807, 2.05) is 0 Å². The maximum Gasteiger partial charge on any atom is 0.306 e. The second-order valence-electron chi connectivity index (χ2n) is 7.68. The number of carbonyl (C=O) groups is 1. The summed E-state index contributed by atoms with van der Waals surface area (Å²) in [7, 11) is 0. The molecule has 0 unspecified atom stereocenters. The van der Waals surface area contributed by atoms with Crippen LogP contribution in [0.25, 0.3) is 10.4 Å². The van der Waals surface area contributed by atoms with E-state index in [2.05, 4.69) is 19.8 Å². The van der Waals surface area contributed by atoms with Crippen LogP contribution < -0.4 is 0 Å². The van der Waals surface area contributed by atoms with Crippen LogP contribution in [-0.4, -0.2) is 80.4 Å². The molecular weight excluding hydrogens is 334 g/mol. The molecule has 2 atom stereocenters. The Balaban J connectivity index is 1.24. The molecule has 8 nitrogen and oxygen atoms in total. The maximum atomic E-state index is 12.1. The van der Waals surface area contributed by atoms with E-state index in [-0.39, 0.29) is 18.2 Å². The van der Waals surface area contributed by atoms with Crippen LogP contribution in [0.1, 0.15) is 38.5 Å². The van der Waals surface area contributed by atoms with Crippen molar-refractivity contribution in [1.29, 1.82) is 0 Å². The molecule has 0 N–H and O–H groups in total. The fourth-order valence-electron chi connectivity index (χ4n) is 4.28. The van der Waals surface area contributed by atoms with E-state index in [9.17, 15) is 4.79 Å². The fourth-order valence-corrected chi connectivity index (χ4v) is 4.28. The molecule has 4 aliphatic rings. The molecule has 0 aromatic rings. The molecular formula is C18H31N5O3. The Labute approximate surface area is 155 Å². The summed E-state index contributed by atoms with van der Waals surface area (Å²) in [4.78, 5) is 19.6. The molecule has 0 aromatic carbocycles. The highest BCUT2D eigenvalue weighted by molar-refractivity contribution is 5.69. The summed E-state index contributed by atoms with van der Waals surface area (Å²) < 4.78 is 11.3. The molecule has 26 heavy (non-hydrogen) atoms. The van der Waals surface area contributed by atoms with E-state index in [1.54, 1.807) is 0 Å². The van der Waals surface area contributed by atoms with E-state index < -0.39 is 0 Å². The highest BCUT2D eigenvalue weighted by atomic mass is 16.5. The third-order valence-electron chi connectivity index (χ3n) is 5.81. The molecule has 4 saturated heterocycles. The van der Waals surface area contributed by atoms with Crippen molar-refractivity contribution >= 4 is 5.97 Å². The number of esters is 1. The summed E-state index contributed by atoms with van der Waals surface area (Å²) in [6.45, 7) is 7.12. The Hall–Kier alpha value is -1.34. The van der Waals surface area contributed by atoms with Crippen molar-refractivity contribution < 1.29 is 14.3 Å². The van der Waals surface area contributed by atoms with Crippen LogP contribution in [0.5, 0.6) is 0 Å². The van der Waals surface area contributed by atoms with Crippen LogP contribution in [0.15, 0.2) is 5.11 Å². The van der Waals surface area contributed by atoms with Crippen molar-refractivity contribution in [3.05, 3.63) is 10.4 Å². The number of hydrogen-bond donors (Lipinski definition) is 0. The summed E-state index contributed by atoms with van der Waals surface area (Å²) in [5.41, 5.74) is 8.39. The van der Waals surface area contributed by atoms with Gasteiger partial charge >= 0.3 is 5.97 Å². The van der Waals surface area contributed by atoms with Crippen molar-refractivity contribution in [3.63, 3.8) is 0 Å². The third kappa shape index (κ3) is 5.84. The van der Waals surface area contributed by atoms with Gasteiger partial charge in [0, 0.05) is 31.0 Å². The van der Waals surface area contributed by atoms with Gasteiger partial charge in [-0.05, 0) is 56.8 Å². The minimum Gasteiger partial charge on any atom is -0.461 e. The van der Waals surface area contributed by atoms with Gasteiger partial charge in [0.2, 0.25) is 0 Å². The van der Waals surface area contributed by atoms with Gasteiger partial charge in [0.05, 0.1) is 19.3 Å². The summed E-state index contributed by atoms with van der Waals surface area (Å²) in [6, 6.07) is 0. The van der Waals surface area contributed by atoms with Crippen molar-refractivity contribution in [2.24, 2.45) is 11.0 Å². The largest absolute Gasteiger partial charge is 0.461 e. The normalized spacial score (nSPS) is 31.4. The predicted molar refractivity (Wildman–Crippen MR) is 97.7 cm³/mol. The lowest BCUT2D eigenvalue weighted by atomic mass is 9.86. The monoisotopic (exact) mass is 365 g/mol. The molecule has 4 heterocycles. The number of carbonyl (C=O) groups excluding carboxylic acids is 1. The summed E-state index contributed by atoms with van der Waals surface area (Å²) in [5, 5.41) is 3.60. The zero-order valence-corrected chi connectivity index (χ0v) is 15.6. The van der Waals surface area contributed by atoms with Gasteiger partial charge in [-0.1, -0.05) is 11.5 Å². The topological polar surface area (TPSA) is 90.8 Å².